The highest BCUT2D eigenvalue weighted by molar-refractivity contribution is 7.12. The smallest absolute Gasteiger partial charge is 0.311 e. The minimum absolute atomic E-state index is 0.0544. The number of nitro groups is 1. The summed E-state index contributed by atoms with van der Waals surface area (Å²) in [5.74, 6) is -1.24. The van der Waals surface area contributed by atoms with Gasteiger partial charge >= 0.3 is 5.97 Å². The Morgan fingerprint density at radius 2 is 1.90 bits per heavy atom. The average molecular weight is 564 g/mol. The van der Waals surface area contributed by atoms with Gasteiger partial charge in [-0.05, 0) is 42.7 Å². The predicted octanol–water partition coefficient (Wildman–Crippen LogP) is 2.97. The van der Waals surface area contributed by atoms with Crippen LogP contribution in [0.4, 0.5) is 5.69 Å². The van der Waals surface area contributed by atoms with Gasteiger partial charge < -0.3 is 20.7 Å². The predicted molar refractivity (Wildman–Crippen MR) is 149 cm³/mol. The maximum atomic E-state index is 13.8. The summed E-state index contributed by atoms with van der Waals surface area (Å²) in [5.41, 5.74) is 7.61. The number of rotatable bonds is 10. The molecule has 1 aliphatic rings. The molecule has 0 bridgehead atoms. The number of carbonyl (C=O) groups excluding carboxylic acids is 3. The van der Waals surface area contributed by atoms with E-state index in [1.165, 1.54) is 35.6 Å². The fourth-order valence-electron chi connectivity index (χ4n) is 4.52. The molecule has 1 atom stereocenters. The largest absolute Gasteiger partial charge is 0.466 e. The number of fused-ring (bicyclic) bond motifs is 1. The topological polar surface area (TPSA) is 169 Å². The Morgan fingerprint density at radius 3 is 2.58 bits per heavy atom. The van der Waals surface area contributed by atoms with Crippen LogP contribution in [0.1, 0.15) is 43.7 Å². The number of nitrogens with one attached hydrogen (secondary N) is 2. The third-order valence-electron chi connectivity index (χ3n) is 6.48. The molecule has 0 spiro atoms. The molecule has 0 aliphatic carbocycles. The van der Waals surface area contributed by atoms with Crippen molar-refractivity contribution in [3.63, 3.8) is 0 Å². The van der Waals surface area contributed by atoms with Gasteiger partial charge in [0, 0.05) is 52.5 Å². The summed E-state index contributed by atoms with van der Waals surface area (Å²) >= 11 is 1.53. The number of nitro benzene ring substituents is 1. The van der Waals surface area contributed by atoms with Crippen molar-refractivity contribution in [3.8, 4) is 0 Å². The SMILES string of the molecule is CCOC(=O)Cc1cc2c(s1)CCN(C(=O)C(Cc1cccc([N+](=O)[O-])c1)NC(=O)c1ccc(C(=N)N)cc1)C2. The lowest BCUT2D eigenvalue weighted by Crippen LogP contribution is -2.50. The van der Waals surface area contributed by atoms with Crippen molar-refractivity contribution < 1.29 is 24.0 Å². The second kappa shape index (κ2) is 12.5. The molecule has 1 aliphatic heterocycles. The highest BCUT2D eigenvalue weighted by atomic mass is 32.1. The third kappa shape index (κ3) is 6.89. The monoisotopic (exact) mass is 563 g/mol. The first-order chi connectivity index (χ1) is 19.1. The Kier molecular flexibility index (Phi) is 8.90. The van der Waals surface area contributed by atoms with Crippen LogP contribution in [-0.2, 0) is 40.1 Å². The van der Waals surface area contributed by atoms with Gasteiger partial charge in [0.2, 0.25) is 5.91 Å². The van der Waals surface area contributed by atoms with Crippen LogP contribution in [0, 0.1) is 15.5 Å². The normalized spacial score (nSPS) is 13.2. The fraction of sp³-hybridized carbons (Fsp3) is 0.286. The van der Waals surface area contributed by atoms with Crippen molar-refractivity contribution >= 4 is 40.6 Å². The Hall–Kier alpha value is -4.58. The molecule has 2 heterocycles. The van der Waals surface area contributed by atoms with Crippen molar-refractivity contribution in [1.29, 1.82) is 5.41 Å². The van der Waals surface area contributed by atoms with Crippen LogP contribution < -0.4 is 11.1 Å². The first-order valence-electron chi connectivity index (χ1n) is 12.7. The summed E-state index contributed by atoms with van der Waals surface area (Å²) in [6.45, 7) is 2.82. The van der Waals surface area contributed by atoms with Crippen molar-refractivity contribution in [1.82, 2.24) is 10.2 Å². The second-order valence-corrected chi connectivity index (χ2v) is 10.5. The van der Waals surface area contributed by atoms with Gasteiger partial charge in [-0.15, -0.1) is 11.3 Å². The zero-order valence-corrected chi connectivity index (χ0v) is 22.7. The number of nitrogens with two attached hydrogens (primary N) is 1. The fourth-order valence-corrected chi connectivity index (χ4v) is 5.68. The number of ether oxygens (including phenoxy) is 1. The average Bonchev–Trinajstić information content (AvgIpc) is 3.33. The minimum atomic E-state index is -0.985. The molecular formula is C28H29N5O6S. The van der Waals surface area contributed by atoms with Crippen LogP contribution in [0.2, 0.25) is 0 Å². The Morgan fingerprint density at radius 1 is 1.18 bits per heavy atom. The van der Waals surface area contributed by atoms with Crippen molar-refractivity contribution in [2.75, 3.05) is 13.2 Å². The summed E-state index contributed by atoms with van der Waals surface area (Å²) in [6, 6.07) is 13.0. The maximum Gasteiger partial charge on any atom is 0.311 e. The van der Waals surface area contributed by atoms with E-state index in [0.717, 1.165) is 15.3 Å². The number of hydrogen-bond donors (Lipinski definition) is 3. The Bertz CT molecular complexity index is 1450. The van der Waals surface area contributed by atoms with Gasteiger partial charge in [0.1, 0.15) is 11.9 Å². The van der Waals surface area contributed by atoms with E-state index in [4.69, 9.17) is 15.9 Å². The third-order valence-corrected chi connectivity index (χ3v) is 7.71. The van der Waals surface area contributed by atoms with E-state index in [1.54, 1.807) is 36.1 Å². The van der Waals surface area contributed by atoms with E-state index in [1.807, 2.05) is 6.07 Å². The van der Waals surface area contributed by atoms with Crippen LogP contribution in [0.5, 0.6) is 0 Å². The van der Waals surface area contributed by atoms with E-state index < -0.39 is 16.9 Å². The van der Waals surface area contributed by atoms with Gasteiger partial charge in [0.15, 0.2) is 0 Å². The van der Waals surface area contributed by atoms with Gasteiger partial charge in [0.25, 0.3) is 11.6 Å². The van der Waals surface area contributed by atoms with Crippen molar-refractivity contribution in [3.05, 3.63) is 96.7 Å². The van der Waals surface area contributed by atoms with E-state index in [-0.39, 0.29) is 41.8 Å². The molecule has 4 N–H and O–H groups in total. The quantitative estimate of drug-likeness (QED) is 0.112. The highest BCUT2D eigenvalue weighted by Gasteiger charge is 2.30. The minimum Gasteiger partial charge on any atom is -0.466 e. The molecular weight excluding hydrogens is 534 g/mol. The van der Waals surface area contributed by atoms with E-state index in [0.29, 0.717) is 37.2 Å². The van der Waals surface area contributed by atoms with Crippen molar-refractivity contribution in [2.45, 2.75) is 38.8 Å². The summed E-state index contributed by atoms with van der Waals surface area (Å²) in [7, 11) is 0. The number of carbonyl (C=O) groups is 3. The van der Waals surface area contributed by atoms with Crippen LogP contribution in [0.15, 0.2) is 54.6 Å². The van der Waals surface area contributed by atoms with E-state index >= 15 is 0 Å². The maximum absolute atomic E-state index is 13.8. The number of non-ortho nitro benzene ring substituents is 1. The van der Waals surface area contributed by atoms with Gasteiger partial charge in [-0.3, -0.25) is 29.9 Å². The number of esters is 1. The van der Waals surface area contributed by atoms with Crippen LogP contribution in [-0.4, -0.2) is 52.6 Å². The molecule has 40 heavy (non-hydrogen) atoms. The first kappa shape index (κ1) is 28.4. The number of amides is 2. The Labute approximate surface area is 234 Å². The number of thiophene rings is 1. The van der Waals surface area contributed by atoms with Gasteiger partial charge in [0.05, 0.1) is 18.0 Å². The molecule has 2 amide bonds. The van der Waals surface area contributed by atoms with Gasteiger partial charge in [-0.25, -0.2) is 0 Å². The molecule has 2 aromatic carbocycles. The molecule has 0 saturated heterocycles. The summed E-state index contributed by atoms with van der Waals surface area (Å²) < 4.78 is 5.04. The Balaban J connectivity index is 1.54. The molecule has 0 fully saturated rings. The van der Waals surface area contributed by atoms with Gasteiger partial charge in [-0.1, -0.05) is 24.3 Å². The molecule has 1 unspecified atom stereocenters. The zero-order valence-electron chi connectivity index (χ0n) is 21.8. The van der Waals surface area contributed by atoms with Crippen LogP contribution in [0.3, 0.4) is 0 Å². The van der Waals surface area contributed by atoms with Crippen LogP contribution >= 0.6 is 11.3 Å². The summed E-state index contributed by atoms with van der Waals surface area (Å²) in [5, 5.41) is 21.6. The number of amidine groups is 1. The van der Waals surface area contributed by atoms with E-state index in [9.17, 15) is 24.5 Å². The standard InChI is InChI=1S/C28H29N5O6S/c1-2-39-25(34)15-22-14-20-16-32(11-10-24(20)40-22)28(36)23(13-17-4-3-5-21(12-17)33(37)38)31-27(35)19-8-6-18(7-9-19)26(29)30/h3-9,12,14,23H,2,10-11,13,15-16H2,1H3,(H3,29,30)(H,31,35). The molecule has 12 heteroatoms. The number of nitrogens with zero attached hydrogens (tertiary/aromatic N) is 2. The molecule has 0 radical (unpaired) electrons. The summed E-state index contributed by atoms with van der Waals surface area (Å²) in [4.78, 5) is 53.2. The van der Waals surface area contributed by atoms with Gasteiger partial charge in [-0.2, -0.15) is 0 Å². The van der Waals surface area contributed by atoms with Crippen LogP contribution in [0.25, 0.3) is 0 Å². The molecule has 208 valence electrons. The highest BCUT2D eigenvalue weighted by Crippen LogP contribution is 2.29. The number of benzene rings is 2. The number of hydrogen-bond acceptors (Lipinski definition) is 8. The first-order valence-corrected chi connectivity index (χ1v) is 13.5. The zero-order chi connectivity index (χ0) is 28.8. The molecule has 3 aromatic rings. The van der Waals surface area contributed by atoms with Crippen molar-refractivity contribution in [2.24, 2.45) is 5.73 Å². The summed E-state index contributed by atoms with van der Waals surface area (Å²) in [6.07, 6.45) is 0.838. The number of nitrogen functional groups attached to an aromatic ring is 1. The van der Waals surface area contributed by atoms with E-state index in [2.05, 4.69) is 5.32 Å². The second-order valence-electron chi connectivity index (χ2n) is 9.30. The molecule has 1 aromatic heterocycles. The molecule has 0 saturated carbocycles. The lowest BCUT2D eigenvalue weighted by Gasteiger charge is -2.31. The lowest BCUT2D eigenvalue weighted by molar-refractivity contribution is -0.384. The molecule has 11 nitrogen and oxygen atoms in total. The lowest BCUT2D eigenvalue weighted by atomic mass is 10.0. The molecule has 4 rings (SSSR count).